The molecule has 0 spiro atoms. The third-order valence-corrected chi connectivity index (χ3v) is 6.89. The van der Waals surface area contributed by atoms with Gasteiger partial charge in [-0.15, -0.1) is 12.4 Å². The van der Waals surface area contributed by atoms with Crippen LogP contribution in [0.25, 0.3) is 0 Å². The van der Waals surface area contributed by atoms with Crippen LogP contribution in [0.15, 0.2) is 24.3 Å². The summed E-state index contributed by atoms with van der Waals surface area (Å²) < 4.78 is 5.73. The molecular formula is C24H42ClNO12S. The minimum atomic E-state index is -1.87. The number of ether oxygens (including phenoxy) is 1. The highest BCUT2D eigenvalue weighted by molar-refractivity contribution is 8.12. The van der Waals surface area contributed by atoms with Gasteiger partial charge in [-0.3, -0.25) is 9.69 Å². The van der Waals surface area contributed by atoms with Crippen LogP contribution in [0.1, 0.15) is 18.9 Å². The quantitative estimate of drug-likeness (QED) is 0.0752. The standard InChI is InChI=1S/C24H41NO12S.ClH/c1-2-20(32)38-13-14-4-3-5-15(8-14)37-7-6-25(9-16(28)21(33)23(35)18(30)11-26)10-17(29)22(34)24(36)19(31)12-27;/h3-5,8,16-19,21-24,26-31,33-36H,2,6-7,9-13H2,1H3;1H. The maximum Gasteiger partial charge on any atom is 0.188 e. The lowest BCUT2D eigenvalue weighted by atomic mass is 10.0. The molecule has 1 aromatic carbocycles. The van der Waals surface area contributed by atoms with E-state index in [1.165, 1.54) is 16.7 Å². The molecule has 8 unspecified atom stereocenters. The van der Waals surface area contributed by atoms with Crippen molar-refractivity contribution in [1.82, 2.24) is 4.90 Å². The van der Waals surface area contributed by atoms with Crippen molar-refractivity contribution < 1.29 is 60.6 Å². The van der Waals surface area contributed by atoms with E-state index < -0.39 is 75.1 Å². The second kappa shape index (κ2) is 19.9. The molecular weight excluding hydrogens is 562 g/mol. The lowest BCUT2D eigenvalue weighted by Gasteiger charge is -2.33. The molecule has 0 aromatic heterocycles. The first kappa shape index (κ1) is 37.9. The number of thioether (sulfide) groups is 1. The molecule has 0 saturated heterocycles. The fourth-order valence-corrected chi connectivity index (χ4v) is 4.12. The van der Waals surface area contributed by atoms with Gasteiger partial charge < -0.3 is 55.8 Å². The Labute approximate surface area is 237 Å². The van der Waals surface area contributed by atoms with Crippen LogP contribution in [0, 0.1) is 0 Å². The van der Waals surface area contributed by atoms with E-state index in [0.717, 1.165) is 5.56 Å². The maximum absolute atomic E-state index is 11.5. The van der Waals surface area contributed by atoms with Gasteiger partial charge in [-0.2, -0.15) is 0 Å². The molecule has 1 rings (SSSR count). The van der Waals surface area contributed by atoms with Crippen molar-refractivity contribution in [2.24, 2.45) is 0 Å². The Kier molecular flexibility index (Phi) is 19.3. The molecule has 228 valence electrons. The summed E-state index contributed by atoms with van der Waals surface area (Å²) in [7, 11) is 0. The highest BCUT2D eigenvalue weighted by atomic mass is 35.5. The average Bonchev–Trinajstić information content (AvgIpc) is 2.93. The molecule has 13 nitrogen and oxygen atoms in total. The van der Waals surface area contributed by atoms with E-state index in [1.54, 1.807) is 25.1 Å². The third-order valence-electron chi connectivity index (χ3n) is 5.80. The second-order valence-corrected chi connectivity index (χ2v) is 9.90. The van der Waals surface area contributed by atoms with Gasteiger partial charge in [0.1, 0.15) is 49.0 Å². The summed E-state index contributed by atoms with van der Waals surface area (Å²) in [6, 6.07) is 7.03. The van der Waals surface area contributed by atoms with Gasteiger partial charge in [-0.25, -0.2) is 0 Å². The predicted molar refractivity (Wildman–Crippen MR) is 144 cm³/mol. The molecule has 39 heavy (non-hydrogen) atoms. The molecule has 0 fully saturated rings. The first-order valence-electron chi connectivity index (χ1n) is 12.2. The largest absolute Gasteiger partial charge is 0.492 e. The third kappa shape index (κ3) is 13.4. The number of carbonyl (C=O) groups excluding carboxylic acids is 1. The smallest absolute Gasteiger partial charge is 0.188 e. The highest BCUT2D eigenvalue weighted by Crippen LogP contribution is 2.19. The highest BCUT2D eigenvalue weighted by Gasteiger charge is 2.34. The van der Waals surface area contributed by atoms with Crippen LogP contribution in [0.4, 0.5) is 0 Å². The van der Waals surface area contributed by atoms with Gasteiger partial charge in [0.15, 0.2) is 5.12 Å². The molecule has 0 saturated carbocycles. The summed E-state index contributed by atoms with van der Waals surface area (Å²) in [5.41, 5.74) is 0.858. The minimum Gasteiger partial charge on any atom is -0.492 e. The normalized spacial score (nSPS) is 17.8. The molecule has 0 amide bonds. The Morgan fingerprint density at radius 2 is 1.33 bits per heavy atom. The van der Waals surface area contributed by atoms with Gasteiger partial charge in [-0.1, -0.05) is 30.8 Å². The van der Waals surface area contributed by atoms with Gasteiger partial charge in [0, 0.05) is 31.8 Å². The number of halogens is 1. The van der Waals surface area contributed by atoms with E-state index in [1.807, 2.05) is 6.07 Å². The van der Waals surface area contributed by atoms with Gasteiger partial charge >= 0.3 is 0 Å². The van der Waals surface area contributed by atoms with Crippen LogP contribution >= 0.6 is 24.2 Å². The summed E-state index contributed by atoms with van der Waals surface area (Å²) in [5, 5.41) is 97.9. The molecule has 10 N–H and O–H groups in total. The summed E-state index contributed by atoms with van der Waals surface area (Å²) in [5.74, 6) is 0.949. The Bertz CT molecular complexity index is 782. The maximum atomic E-state index is 11.5. The lowest BCUT2D eigenvalue weighted by molar-refractivity contribution is -0.130. The summed E-state index contributed by atoms with van der Waals surface area (Å²) in [6.07, 6.45) is -13.8. The Morgan fingerprint density at radius 1 is 0.846 bits per heavy atom. The molecule has 1 aromatic rings. The number of hydrogen-bond donors (Lipinski definition) is 10. The van der Waals surface area contributed by atoms with Crippen LogP contribution in [0.3, 0.4) is 0 Å². The SMILES string of the molecule is CCC(=O)SCc1cccc(OCCN(CC(O)C(O)C(O)C(O)CO)CC(O)C(O)C(O)C(O)CO)c1.Cl. The Morgan fingerprint density at radius 3 is 1.79 bits per heavy atom. The minimum absolute atomic E-state index is 0. The van der Waals surface area contributed by atoms with Crippen LogP contribution in [0.5, 0.6) is 5.75 Å². The number of nitrogens with zero attached hydrogens (tertiary/aromatic N) is 1. The van der Waals surface area contributed by atoms with Gasteiger partial charge in [0.2, 0.25) is 0 Å². The molecule has 0 aliphatic rings. The van der Waals surface area contributed by atoms with Crippen molar-refractivity contribution >= 4 is 29.3 Å². The first-order chi connectivity index (χ1) is 17.9. The van der Waals surface area contributed by atoms with E-state index in [-0.39, 0.29) is 30.7 Å². The van der Waals surface area contributed by atoms with Crippen molar-refractivity contribution in [2.45, 2.75) is 67.9 Å². The van der Waals surface area contributed by atoms with E-state index in [0.29, 0.717) is 17.9 Å². The monoisotopic (exact) mass is 603 g/mol. The summed E-state index contributed by atoms with van der Waals surface area (Å²) in [6.45, 7) is -0.712. The van der Waals surface area contributed by atoms with Gasteiger partial charge in [0.25, 0.3) is 0 Å². The molecule has 15 heteroatoms. The predicted octanol–water partition coefficient (Wildman–Crippen LogP) is -3.17. The van der Waals surface area contributed by atoms with Crippen LogP contribution in [0.2, 0.25) is 0 Å². The zero-order valence-electron chi connectivity index (χ0n) is 21.6. The van der Waals surface area contributed by atoms with E-state index in [9.17, 15) is 45.6 Å². The van der Waals surface area contributed by atoms with Crippen LogP contribution in [-0.2, 0) is 10.5 Å². The number of aliphatic hydroxyl groups is 10. The number of rotatable bonds is 19. The number of benzene rings is 1. The van der Waals surface area contributed by atoms with Crippen LogP contribution < -0.4 is 4.74 Å². The van der Waals surface area contributed by atoms with Crippen LogP contribution in [-0.4, -0.2) is 149 Å². The van der Waals surface area contributed by atoms with Crippen molar-refractivity contribution in [1.29, 1.82) is 0 Å². The first-order valence-corrected chi connectivity index (χ1v) is 13.2. The zero-order valence-corrected chi connectivity index (χ0v) is 23.3. The van der Waals surface area contributed by atoms with E-state index in [4.69, 9.17) is 14.9 Å². The van der Waals surface area contributed by atoms with E-state index in [2.05, 4.69) is 0 Å². The molecule has 0 aliphatic carbocycles. The van der Waals surface area contributed by atoms with Crippen molar-refractivity contribution in [3.63, 3.8) is 0 Å². The van der Waals surface area contributed by atoms with Crippen molar-refractivity contribution in [3.8, 4) is 5.75 Å². The molecule has 0 bridgehead atoms. The van der Waals surface area contributed by atoms with Gasteiger partial charge in [0.05, 0.1) is 25.4 Å². The molecule has 0 radical (unpaired) electrons. The number of hydrogen-bond acceptors (Lipinski definition) is 14. The van der Waals surface area contributed by atoms with Crippen molar-refractivity contribution in [2.75, 3.05) is 39.5 Å². The van der Waals surface area contributed by atoms with E-state index >= 15 is 0 Å². The molecule has 8 atom stereocenters. The summed E-state index contributed by atoms with van der Waals surface area (Å²) in [4.78, 5) is 12.9. The van der Waals surface area contributed by atoms with Crippen molar-refractivity contribution in [3.05, 3.63) is 29.8 Å². The van der Waals surface area contributed by atoms with Gasteiger partial charge in [-0.05, 0) is 17.7 Å². The number of carbonyl (C=O) groups is 1. The second-order valence-electron chi connectivity index (χ2n) is 8.87. The fourth-order valence-electron chi connectivity index (χ4n) is 3.41. The Hall–Kier alpha value is -1.11. The Balaban J connectivity index is 0.0000144. The lowest BCUT2D eigenvalue weighted by Crippen LogP contribution is -2.53. The zero-order chi connectivity index (χ0) is 28.8. The topological polar surface area (TPSA) is 232 Å². The molecule has 0 aliphatic heterocycles. The fraction of sp³-hybridized carbons (Fsp3) is 0.708. The average molecular weight is 604 g/mol. The molecule has 0 heterocycles. The number of aliphatic hydroxyl groups excluding tert-OH is 10. The summed E-state index contributed by atoms with van der Waals surface area (Å²) >= 11 is 1.18.